The second-order valence-corrected chi connectivity index (χ2v) is 4.28. The number of carbonyl (C=O) groups is 1. The normalized spacial score (nSPS) is 29.8. The zero-order valence-corrected chi connectivity index (χ0v) is 8.68. The molecular weight excluding hydrogens is 204 g/mol. The van der Waals surface area contributed by atoms with Gasteiger partial charge in [-0.05, 0) is 24.0 Å². The summed E-state index contributed by atoms with van der Waals surface area (Å²) in [7, 11) is 0. The minimum absolute atomic E-state index is 0.0108. The van der Waals surface area contributed by atoms with Gasteiger partial charge >= 0.3 is 0 Å². The van der Waals surface area contributed by atoms with E-state index in [0.29, 0.717) is 0 Å². The van der Waals surface area contributed by atoms with E-state index in [1.54, 1.807) is 0 Å². The molecule has 0 aromatic heterocycles. The molecule has 2 atom stereocenters. The van der Waals surface area contributed by atoms with E-state index in [2.05, 4.69) is 16.5 Å². The van der Waals surface area contributed by atoms with Crippen LogP contribution in [-0.2, 0) is 11.2 Å². The largest absolute Gasteiger partial charge is 0.410 e. The molecule has 0 spiro atoms. The minimum atomic E-state index is -0.241. The van der Waals surface area contributed by atoms with E-state index in [0.717, 1.165) is 18.4 Å². The van der Waals surface area contributed by atoms with Crippen LogP contribution >= 0.6 is 0 Å². The van der Waals surface area contributed by atoms with Crippen molar-refractivity contribution in [3.8, 4) is 0 Å². The molecule has 1 fully saturated rings. The van der Waals surface area contributed by atoms with Crippen molar-refractivity contribution in [2.75, 3.05) is 0 Å². The molecule has 82 valence electrons. The highest BCUT2D eigenvalue weighted by Gasteiger charge is 2.42. The van der Waals surface area contributed by atoms with Gasteiger partial charge in [-0.15, -0.1) is 0 Å². The summed E-state index contributed by atoms with van der Waals surface area (Å²) in [6.45, 7) is 0. The molecule has 1 aromatic carbocycles. The second kappa shape index (κ2) is 3.33. The van der Waals surface area contributed by atoms with Crippen molar-refractivity contribution in [1.82, 2.24) is 5.32 Å². The maximum absolute atomic E-state index is 11.6. The van der Waals surface area contributed by atoms with Crippen LogP contribution < -0.4 is 5.32 Å². The first-order valence-corrected chi connectivity index (χ1v) is 5.42. The van der Waals surface area contributed by atoms with Crippen molar-refractivity contribution in [2.24, 2.45) is 11.1 Å². The van der Waals surface area contributed by atoms with Gasteiger partial charge in [0.15, 0.2) is 0 Å². The molecule has 4 heteroatoms. The van der Waals surface area contributed by atoms with Crippen molar-refractivity contribution in [1.29, 1.82) is 0 Å². The van der Waals surface area contributed by atoms with E-state index in [4.69, 9.17) is 5.21 Å². The Labute approximate surface area is 93.0 Å². The number of nitrogens with one attached hydrogen (secondary N) is 1. The molecule has 1 heterocycles. The lowest BCUT2D eigenvalue weighted by molar-refractivity contribution is -0.114. The van der Waals surface area contributed by atoms with E-state index in [-0.39, 0.29) is 23.6 Å². The zero-order valence-electron chi connectivity index (χ0n) is 8.68. The number of carbonyl (C=O) groups excluding carboxylic acids is 1. The highest BCUT2D eigenvalue weighted by atomic mass is 16.4. The molecule has 2 N–H and O–H groups in total. The molecule has 1 amide bonds. The number of hydrogen-bond donors (Lipinski definition) is 2. The highest BCUT2D eigenvalue weighted by Crippen LogP contribution is 2.38. The van der Waals surface area contributed by atoms with E-state index >= 15 is 0 Å². The molecule has 0 radical (unpaired) electrons. The van der Waals surface area contributed by atoms with Gasteiger partial charge in [0.2, 0.25) is 0 Å². The molecule has 1 saturated heterocycles. The van der Waals surface area contributed by atoms with E-state index < -0.39 is 0 Å². The lowest BCUT2D eigenvalue weighted by Crippen LogP contribution is -2.25. The Morgan fingerprint density at radius 2 is 2.19 bits per heavy atom. The van der Waals surface area contributed by atoms with Crippen LogP contribution in [0.25, 0.3) is 0 Å². The Balaban J connectivity index is 2.07. The summed E-state index contributed by atoms with van der Waals surface area (Å²) in [5, 5.41) is 14.9. The van der Waals surface area contributed by atoms with Crippen LogP contribution in [0.4, 0.5) is 0 Å². The lowest BCUT2D eigenvalue weighted by atomic mass is 9.80. The molecule has 2 aliphatic rings. The van der Waals surface area contributed by atoms with Crippen molar-refractivity contribution < 1.29 is 10.0 Å². The molecule has 1 aromatic rings. The number of oxime groups is 1. The number of amides is 1. The fourth-order valence-corrected chi connectivity index (χ4v) is 2.74. The van der Waals surface area contributed by atoms with Gasteiger partial charge in [-0.3, -0.25) is 4.79 Å². The third-order valence-corrected chi connectivity index (χ3v) is 3.50. The maximum atomic E-state index is 11.6. The third kappa shape index (κ3) is 1.16. The van der Waals surface area contributed by atoms with Crippen LogP contribution in [0.15, 0.2) is 29.4 Å². The molecule has 4 nitrogen and oxygen atoms in total. The molecule has 3 rings (SSSR count). The van der Waals surface area contributed by atoms with Gasteiger partial charge in [-0.2, -0.15) is 0 Å². The second-order valence-electron chi connectivity index (χ2n) is 4.28. The van der Waals surface area contributed by atoms with Gasteiger partial charge < -0.3 is 10.5 Å². The van der Waals surface area contributed by atoms with E-state index in [1.807, 2.05) is 18.2 Å². The average molecular weight is 216 g/mol. The number of hydrogen-bond acceptors (Lipinski definition) is 3. The van der Waals surface area contributed by atoms with Crippen molar-refractivity contribution in [3.05, 3.63) is 35.4 Å². The average Bonchev–Trinajstić information content (AvgIpc) is 2.65. The number of nitrogens with zero attached hydrogens (tertiary/aromatic N) is 1. The number of benzene rings is 1. The Hall–Kier alpha value is -1.84. The summed E-state index contributed by atoms with van der Waals surface area (Å²) >= 11 is 0. The predicted octanol–water partition coefficient (Wildman–Crippen LogP) is 1.25. The molecule has 1 aliphatic heterocycles. The SMILES string of the molecule is O=C1NC2c3ccccc3CCC2C1=NO. The molecule has 1 aliphatic carbocycles. The smallest absolute Gasteiger partial charge is 0.269 e. The Bertz CT molecular complexity index is 482. The predicted molar refractivity (Wildman–Crippen MR) is 58.4 cm³/mol. The number of fused-ring (bicyclic) bond motifs is 3. The van der Waals surface area contributed by atoms with E-state index in [9.17, 15) is 4.79 Å². The summed E-state index contributed by atoms with van der Waals surface area (Å²) in [6.07, 6.45) is 1.80. The van der Waals surface area contributed by atoms with Crippen molar-refractivity contribution >= 4 is 11.6 Å². The molecule has 2 unspecified atom stereocenters. The number of rotatable bonds is 0. The van der Waals surface area contributed by atoms with Crippen LogP contribution in [0.3, 0.4) is 0 Å². The van der Waals surface area contributed by atoms with Gasteiger partial charge in [0, 0.05) is 5.92 Å². The molecule has 16 heavy (non-hydrogen) atoms. The van der Waals surface area contributed by atoms with Gasteiger partial charge in [0.05, 0.1) is 6.04 Å². The topological polar surface area (TPSA) is 61.7 Å². The summed E-state index contributed by atoms with van der Waals surface area (Å²) in [5.74, 6) is -0.221. The van der Waals surface area contributed by atoms with Crippen LogP contribution in [0.2, 0.25) is 0 Å². The maximum Gasteiger partial charge on any atom is 0.269 e. The van der Waals surface area contributed by atoms with Crippen molar-refractivity contribution in [3.63, 3.8) is 0 Å². The van der Waals surface area contributed by atoms with E-state index in [1.165, 1.54) is 5.56 Å². The quantitative estimate of drug-likeness (QED) is 0.506. The monoisotopic (exact) mass is 216 g/mol. The molecule has 0 saturated carbocycles. The Kier molecular flexibility index (Phi) is 1.96. The van der Waals surface area contributed by atoms with Crippen LogP contribution in [-0.4, -0.2) is 16.8 Å². The summed E-state index contributed by atoms with van der Waals surface area (Å²) in [4.78, 5) is 11.6. The van der Waals surface area contributed by atoms with Crippen molar-refractivity contribution in [2.45, 2.75) is 18.9 Å². The highest BCUT2D eigenvalue weighted by molar-refractivity contribution is 6.41. The summed E-state index contributed by atoms with van der Waals surface area (Å²) in [6, 6.07) is 8.10. The zero-order chi connectivity index (χ0) is 11.1. The summed E-state index contributed by atoms with van der Waals surface area (Å²) < 4.78 is 0. The fourth-order valence-electron chi connectivity index (χ4n) is 2.74. The van der Waals surface area contributed by atoms with Crippen LogP contribution in [0, 0.1) is 5.92 Å². The summed E-state index contributed by atoms with van der Waals surface area (Å²) in [5.41, 5.74) is 2.72. The number of aryl methyl sites for hydroxylation is 1. The van der Waals surface area contributed by atoms with Gasteiger partial charge in [-0.25, -0.2) is 0 Å². The Morgan fingerprint density at radius 3 is 3.00 bits per heavy atom. The molecule has 0 bridgehead atoms. The van der Waals surface area contributed by atoms with Crippen LogP contribution in [0.5, 0.6) is 0 Å². The Morgan fingerprint density at radius 1 is 1.38 bits per heavy atom. The first-order valence-electron chi connectivity index (χ1n) is 5.42. The van der Waals surface area contributed by atoms with Crippen LogP contribution in [0.1, 0.15) is 23.6 Å². The van der Waals surface area contributed by atoms with Gasteiger partial charge in [0.1, 0.15) is 5.71 Å². The third-order valence-electron chi connectivity index (χ3n) is 3.50. The fraction of sp³-hybridized carbons (Fsp3) is 0.333. The first-order chi connectivity index (χ1) is 7.81. The molecular formula is C12H12N2O2. The minimum Gasteiger partial charge on any atom is -0.410 e. The lowest BCUT2D eigenvalue weighted by Gasteiger charge is -2.26. The van der Waals surface area contributed by atoms with Gasteiger partial charge in [0.25, 0.3) is 5.91 Å². The standard InChI is InChI=1S/C12H12N2O2/c15-12-11(14-16)9-6-5-7-3-1-2-4-8(7)10(9)13-12/h1-4,9-10,16H,5-6H2,(H,13,15). The first kappa shape index (κ1) is 9.39. The van der Waals surface area contributed by atoms with Gasteiger partial charge in [-0.1, -0.05) is 29.4 Å².